The molecule has 0 saturated heterocycles. The maximum atomic E-state index is 10.1. The van der Waals surface area contributed by atoms with Gasteiger partial charge in [-0.2, -0.15) is 0 Å². The highest BCUT2D eigenvalue weighted by Gasteiger charge is 2.00. The second kappa shape index (κ2) is 10.6. The summed E-state index contributed by atoms with van der Waals surface area (Å²) in [6.45, 7) is -0.153. The number of hydrogen-bond acceptors (Lipinski definition) is 3. The number of allylic oxidation sites excluding steroid dienone is 1. The molecule has 0 rings (SSSR count). The van der Waals surface area contributed by atoms with Crippen LogP contribution < -0.4 is 0 Å². The van der Waals surface area contributed by atoms with E-state index in [2.05, 4.69) is 0 Å². The van der Waals surface area contributed by atoms with E-state index in [1.165, 1.54) is 6.08 Å². The Morgan fingerprint density at radius 1 is 1.12 bits per heavy atom. The fourth-order valence-corrected chi connectivity index (χ4v) is 1.45. The van der Waals surface area contributed by atoms with Gasteiger partial charge in [0.1, 0.15) is 0 Å². The standard InChI is InChI=1S/C12H22O4/c13-10-11(14)8-6-4-2-1-3-5-7-9-12(15)16/h7,9,11,13-14H,1-6,8,10H2,(H,15,16)/b9-7+. The van der Waals surface area contributed by atoms with E-state index in [0.29, 0.717) is 6.42 Å². The normalized spacial score (nSPS) is 13.1. The first-order valence-corrected chi connectivity index (χ1v) is 5.85. The molecule has 94 valence electrons. The molecule has 3 N–H and O–H groups in total. The lowest BCUT2D eigenvalue weighted by Crippen LogP contribution is -2.10. The Morgan fingerprint density at radius 2 is 1.75 bits per heavy atom. The van der Waals surface area contributed by atoms with Gasteiger partial charge in [0.25, 0.3) is 0 Å². The zero-order valence-corrected chi connectivity index (χ0v) is 9.64. The molecule has 0 amide bonds. The van der Waals surface area contributed by atoms with Crippen LogP contribution in [0, 0.1) is 0 Å². The van der Waals surface area contributed by atoms with Crippen LogP contribution in [0.15, 0.2) is 12.2 Å². The average molecular weight is 230 g/mol. The summed E-state index contributed by atoms with van der Waals surface area (Å²) in [7, 11) is 0. The third-order valence-corrected chi connectivity index (χ3v) is 2.38. The van der Waals surface area contributed by atoms with Gasteiger partial charge in [0.15, 0.2) is 0 Å². The van der Waals surface area contributed by atoms with E-state index in [4.69, 9.17) is 15.3 Å². The highest BCUT2D eigenvalue weighted by molar-refractivity contribution is 5.79. The molecule has 0 aliphatic rings. The van der Waals surface area contributed by atoms with E-state index in [9.17, 15) is 4.79 Å². The molecule has 0 heterocycles. The Labute approximate surface area is 96.6 Å². The van der Waals surface area contributed by atoms with Crippen LogP contribution in [0.25, 0.3) is 0 Å². The van der Waals surface area contributed by atoms with Crippen molar-refractivity contribution in [2.24, 2.45) is 0 Å². The lowest BCUT2D eigenvalue weighted by molar-refractivity contribution is -0.131. The highest BCUT2D eigenvalue weighted by Crippen LogP contribution is 2.08. The summed E-state index contributed by atoms with van der Waals surface area (Å²) >= 11 is 0. The minimum atomic E-state index is -0.891. The summed E-state index contributed by atoms with van der Waals surface area (Å²) < 4.78 is 0. The summed E-state index contributed by atoms with van der Waals surface area (Å²) in [6, 6.07) is 0. The molecule has 0 fully saturated rings. The third-order valence-electron chi connectivity index (χ3n) is 2.38. The number of unbranched alkanes of at least 4 members (excludes halogenated alkanes) is 5. The van der Waals surface area contributed by atoms with Crippen molar-refractivity contribution in [3.8, 4) is 0 Å². The Bertz CT molecular complexity index is 201. The molecule has 0 bridgehead atoms. The number of aliphatic carboxylic acids is 1. The van der Waals surface area contributed by atoms with Gasteiger partial charge < -0.3 is 15.3 Å². The van der Waals surface area contributed by atoms with E-state index < -0.39 is 12.1 Å². The van der Waals surface area contributed by atoms with Gasteiger partial charge in [-0.25, -0.2) is 4.79 Å². The van der Waals surface area contributed by atoms with Gasteiger partial charge in [0.2, 0.25) is 0 Å². The predicted octanol–water partition coefficient (Wildman–Crippen LogP) is 1.71. The van der Waals surface area contributed by atoms with Crippen molar-refractivity contribution in [2.75, 3.05) is 6.61 Å². The van der Waals surface area contributed by atoms with Crippen molar-refractivity contribution in [3.05, 3.63) is 12.2 Å². The van der Waals surface area contributed by atoms with Crippen LogP contribution in [-0.4, -0.2) is 34.0 Å². The lowest BCUT2D eigenvalue weighted by Gasteiger charge is -2.05. The van der Waals surface area contributed by atoms with Crippen molar-refractivity contribution >= 4 is 5.97 Å². The van der Waals surface area contributed by atoms with Crippen LogP contribution in [0.3, 0.4) is 0 Å². The first-order chi connectivity index (χ1) is 7.66. The predicted molar refractivity (Wildman–Crippen MR) is 62.2 cm³/mol. The Hall–Kier alpha value is -0.870. The maximum Gasteiger partial charge on any atom is 0.327 e. The second-order valence-corrected chi connectivity index (χ2v) is 3.92. The van der Waals surface area contributed by atoms with Crippen LogP contribution >= 0.6 is 0 Å². The van der Waals surface area contributed by atoms with E-state index in [1.807, 2.05) is 0 Å². The number of aliphatic hydroxyl groups is 2. The number of carboxylic acid groups (broad SMARTS) is 1. The van der Waals surface area contributed by atoms with Crippen LogP contribution in [0.1, 0.15) is 44.9 Å². The monoisotopic (exact) mass is 230 g/mol. The summed E-state index contributed by atoms with van der Waals surface area (Å²) in [4.78, 5) is 10.1. The van der Waals surface area contributed by atoms with Gasteiger partial charge in [-0.3, -0.25) is 0 Å². The topological polar surface area (TPSA) is 77.8 Å². The van der Waals surface area contributed by atoms with Crippen LogP contribution in [-0.2, 0) is 4.79 Å². The number of carboxylic acids is 1. The number of aliphatic hydroxyl groups excluding tert-OH is 2. The Kier molecular flexibility index (Phi) is 10.1. The molecular formula is C12H22O4. The van der Waals surface area contributed by atoms with Gasteiger partial charge >= 0.3 is 5.97 Å². The zero-order chi connectivity index (χ0) is 12.2. The minimum absolute atomic E-state index is 0.153. The summed E-state index contributed by atoms with van der Waals surface area (Å²) in [5.74, 6) is -0.891. The van der Waals surface area contributed by atoms with Crippen molar-refractivity contribution in [1.29, 1.82) is 0 Å². The number of rotatable bonds is 10. The van der Waals surface area contributed by atoms with E-state index >= 15 is 0 Å². The third kappa shape index (κ3) is 11.2. The fraction of sp³-hybridized carbons (Fsp3) is 0.750. The lowest BCUT2D eigenvalue weighted by atomic mass is 10.1. The van der Waals surface area contributed by atoms with Gasteiger partial charge in [0.05, 0.1) is 12.7 Å². The molecule has 0 spiro atoms. The molecule has 0 saturated carbocycles. The first kappa shape index (κ1) is 15.1. The van der Waals surface area contributed by atoms with Gasteiger partial charge in [-0.1, -0.05) is 31.8 Å². The molecule has 1 unspecified atom stereocenters. The molecular weight excluding hydrogens is 208 g/mol. The van der Waals surface area contributed by atoms with Crippen molar-refractivity contribution in [2.45, 2.75) is 51.0 Å². The Morgan fingerprint density at radius 3 is 2.38 bits per heavy atom. The minimum Gasteiger partial charge on any atom is -0.478 e. The van der Waals surface area contributed by atoms with Gasteiger partial charge in [0, 0.05) is 6.08 Å². The SMILES string of the molecule is O=C(O)/C=C/CCCCCCCC(O)CO. The summed E-state index contributed by atoms with van der Waals surface area (Å²) in [6.07, 6.45) is 8.94. The molecule has 16 heavy (non-hydrogen) atoms. The fourth-order valence-electron chi connectivity index (χ4n) is 1.45. The largest absolute Gasteiger partial charge is 0.478 e. The van der Waals surface area contributed by atoms with Gasteiger partial charge in [-0.15, -0.1) is 0 Å². The van der Waals surface area contributed by atoms with Crippen molar-refractivity contribution in [3.63, 3.8) is 0 Å². The van der Waals surface area contributed by atoms with E-state index in [-0.39, 0.29) is 6.61 Å². The first-order valence-electron chi connectivity index (χ1n) is 5.85. The van der Waals surface area contributed by atoms with Crippen LogP contribution in [0.5, 0.6) is 0 Å². The molecule has 0 aliphatic carbocycles. The van der Waals surface area contributed by atoms with E-state index in [0.717, 1.165) is 38.5 Å². The molecule has 0 aromatic rings. The van der Waals surface area contributed by atoms with Crippen molar-refractivity contribution < 1.29 is 20.1 Å². The molecule has 0 radical (unpaired) electrons. The molecule has 0 aromatic carbocycles. The highest BCUT2D eigenvalue weighted by atomic mass is 16.4. The van der Waals surface area contributed by atoms with Gasteiger partial charge in [-0.05, 0) is 19.3 Å². The maximum absolute atomic E-state index is 10.1. The summed E-state index contributed by atoms with van der Waals surface area (Å²) in [5, 5.41) is 26.0. The van der Waals surface area contributed by atoms with Crippen LogP contribution in [0.2, 0.25) is 0 Å². The molecule has 4 heteroatoms. The summed E-state index contributed by atoms with van der Waals surface area (Å²) in [5.41, 5.74) is 0. The second-order valence-electron chi connectivity index (χ2n) is 3.92. The number of hydrogen-bond donors (Lipinski definition) is 3. The molecule has 0 aromatic heterocycles. The quantitative estimate of drug-likeness (QED) is 0.394. The smallest absolute Gasteiger partial charge is 0.327 e. The average Bonchev–Trinajstić information content (AvgIpc) is 2.26. The number of carbonyl (C=O) groups is 1. The molecule has 0 aliphatic heterocycles. The van der Waals surface area contributed by atoms with E-state index in [1.54, 1.807) is 6.08 Å². The van der Waals surface area contributed by atoms with Crippen molar-refractivity contribution in [1.82, 2.24) is 0 Å². The zero-order valence-electron chi connectivity index (χ0n) is 9.64. The molecule has 1 atom stereocenters. The Balaban J connectivity index is 3.13. The van der Waals surface area contributed by atoms with Crippen LogP contribution in [0.4, 0.5) is 0 Å². The molecule has 4 nitrogen and oxygen atoms in total.